The van der Waals surface area contributed by atoms with Crippen molar-refractivity contribution in [1.82, 2.24) is 14.9 Å². The average molecular weight is 229 g/mol. The van der Waals surface area contributed by atoms with E-state index in [1.165, 1.54) is 5.56 Å². The van der Waals surface area contributed by atoms with Crippen LogP contribution in [0.1, 0.15) is 24.6 Å². The number of aromatic amines is 1. The molecule has 0 spiro atoms. The number of hydrogen-bond donors (Lipinski definition) is 2. The fourth-order valence-corrected chi connectivity index (χ4v) is 2.72. The molecular weight excluding hydrogens is 214 g/mol. The molecule has 0 radical (unpaired) electrons. The van der Waals surface area contributed by atoms with Crippen molar-refractivity contribution < 1.29 is 8.42 Å². The van der Waals surface area contributed by atoms with Crippen LogP contribution in [0.15, 0.2) is 6.20 Å². The van der Waals surface area contributed by atoms with Crippen molar-refractivity contribution in [2.75, 3.05) is 5.75 Å². The molecular formula is C9H15N3O2S. The van der Waals surface area contributed by atoms with Gasteiger partial charge in [-0.25, -0.2) is 13.1 Å². The highest BCUT2D eigenvalue weighted by Gasteiger charge is 2.23. The van der Waals surface area contributed by atoms with Gasteiger partial charge in [-0.3, -0.25) is 5.10 Å². The summed E-state index contributed by atoms with van der Waals surface area (Å²) in [5.41, 5.74) is 2.27. The van der Waals surface area contributed by atoms with Crippen LogP contribution in [0.5, 0.6) is 0 Å². The molecule has 1 atom stereocenters. The number of nitrogens with zero attached hydrogens (tertiary/aromatic N) is 1. The van der Waals surface area contributed by atoms with Crippen LogP contribution in [-0.4, -0.2) is 30.4 Å². The molecule has 1 unspecified atom stereocenters. The zero-order chi connectivity index (χ0) is 10.9. The fourth-order valence-electron chi connectivity index (χ4n) is 1.85. The van der Waals surface area contributed by atoms with Gasteiger partial charge in [0.05, 0.1) is 11.9 Å². The van der Waals surface area contributed by atoms with E-state index in [1.807, 2.05) is 6.20 Å². The standard InChI is InChI=1S/C9H15N3O2S/c1-2-15(13,14)12-8-4-3-7-6-10-11-9(7)5-8/h6,8,12H,2-5H2,1H3,(H,10,11). The molecule has 0 amide bonds. The Labute approximate surface area is 89.3 Å². The van der Waals surface area contributed by atoms with Gasteiger partial charge in [-0.2, -0.15) is 5.10 Å². The van der Waals surface area contributed by atoms with E-state index < -0.39 is 10.0 Å². The Morgan fingerprint density at radius 3 is 3.20 bits per heavy atom. The highest BCUT2D eigenvalue weighted by Crippen LogP contribution is 2.19. The molecule has 15 heavy (non-hydrogen) atoms. The van der Waals surface area contributed by atoms with Crippen LogP contribution in [0, 0.1) is 0 Å². The second-order valence-electron chi connectivity index (χ2n) is 3.83. The van der Waals surface area contributed by atoms with Gasteiger partial charge >= 0.3 is 0 Å². The summed E-state index contributed by atoms with van der Waals surface area (Å²) < 4.78 is 25.5. The SMILES string of the molecule is CCS(=O)(=O)NC1CCc2cn[nH]c2C1. The first-order valence-corrected chi connectivity index (χ1v) is 6.77. The summed E-state index contributed by atoms with van der Waals surface area (Å²) in [6.07, 6.45) is 4.28. The number of sulfonamides is 1. The zero-order valence-corrected chi connectivity index (χ0v) is 9.47. The molecule has 0 aliphatic heterocycles. The van der Waals surface area contributed by atoms with Gasteiger partial charge in [0.15, 0.2) is 0 Å². The van der Waals surface area contributed by atoms with Gasteiger partial charge in [-0.05, 0) is 25.3 Å². The summed E-state index contributed by atoms with van der Waals surface area (Å²) in [4.78, 5) is 0. The topological polar surface area (TPSA) is 74.8 Å². The minimum Gasteiger partial charge on any atom is -0.282 e. The summed E-state index contributed by atoms with van der Waals surface area (Å²) in [7, 11) is -3.09. The van der Waals surface area contributed by atoms with Gasteiger partial charge < -0.3 is 0 Å². The molecule has 2 N–H and O–H groups in total. The Morgan fingerprint density at radius 1 is 1.67 bits per heavy atom. The van der Waals surface area contributed by atoms with Crippen molar-refractivity contribution in [2.24, 2.45) is 0 Å². The van der Waals surface area contributed by atoms with E-state index in [4.69, 9.17) is 0 Å². The summed E-state index contributed by atoms with van der Waals surface area (Å²) in [5.74, 6) is 0.138. The third-order valence-corrected chi connectivity index (χ3v) is 4.20. The molecule has 0 aromatic carbocycles. The summed E-state index contributed by atoms with van der Waals surface area (Å²) in [5, 5.41) is 6.86. The van der Waals surface area contributed by atoms with Crippen LogP contribution < -0.4 is 4.72 Å². The van der Waals surface area contributed by atoms with E-state index in [9.17, 15) is 8.42 Å². The quantitative estimate of drug-likeness (QED) is 0.778. The summed E-state index contributed by atoms with van der Waals surface area (Å²) in [6, 6.07) is 0.0166. The first-order valence-electron chi connectivity index (χ1n) is 5.12. The van der Waals surface area contributed by atoms with E-state index in [-0.39, 0.29) is 11.8 Å². The molecule has 0 fully saturated rings. The number of aromatic nitrogens is 2. The second kappa shape index (κ2) is 3.94. The highest BCUT2D eigenvalue weighted by molar-refractivity contribution is 7.89. The van der Waals surface area contributed by atoms with Crippen molar-refractivity contribution in [2.45, 2.75) is 32.2 Å². The molecule has 0 saturated carbocycles. The molecule has 1 heterocycles. The first kappa shape index (κ1) is 10.6. The molecule has 1 aromatic heterocycles. The van der Waals surface area contributed by atoms with E-state index in [0.717, 1.165) is 18.5 Å². The Bertz CT molecular complexity index is 438. The normalized spacial score (nSPS) is 21.3. The fraction of sp³-hybridized carbons (Fsp3) is 0.667. The van der Waals surface area contributed by atoms with Crippen molar-refractivity contribution >= 4 is 10.0 Å². The zero-order valence-electron chi connectivity index (χ0n) is 8.66. The Kier molecular flexibility index (Phi) is 2.79. The van der Waals surface area contributed by atoms with E-state index in [1.54, 1.807) is 6.92 Å². The van der Waals surface area contributed by atoms with Crippen LogP contribution in [0.3, 0.4) is 0 Å². The molecule has 0 bridgehead atoms. The number of H-pyrrole nitrogens is 1. The third-order valence-electron chi connectivity index (χ3n) is 2.75. The number of fused-ring (bicyclic) bond motifs is 1. The number of rotatable bonds is 3. The molecule has 84 valence electrons. The number of hydrogen-bond acceptors (Lipinski definition) is 3. The monoisotopic (exact) mass is 229 g/mol. The largest absolute Gasteiger partial charge is 0.282 e. The van der Waals surface area contributed by atoms with Gasteiger partial charge in [0.1, 0.15) is 0 Å². The predicted octanol–water partition coefficient (Wildman–Crippen LogP) is 0.206. The van der Waals surface area contributed by atoms with Crippen LogP contribution in [0.25, 0.3) is 0 Å². The van der Waals surface area contributed by atoms with Crippen molar-refractivity contribution in [1.29, 1.82) is 0 Å². The predicted molar refractivity (Wildman–Crippen MR) is 57.0 cm³/mol. The lowest BCUT2D eigenvalue weighted by molar-refractivity contribution is 0.504. The van der Waals surface area contributed by atoms with Gasteiger partial charge in [0, 0.05) is 18.2 Å². The van der Waals surface area contributed by atoms with Crippen LogP contribution in [0.2, 0.25) is 0 Å². The Morgan fingerprint density at radius 2 is 2.47 bits per heavy atom. The lowest BCUT2D eigenvalue weighted by Gasteiger charge is -2.22. The summed E-state index contributed by atoms with van der Waals surface area (Å²) >= 11 is 0. The van der Waals surface area contributed by atoms with Crippen molar-refractivity contribution in [3.05, 3.63) is 17.5 Å². The number of aryl methyl sites for hydroxylation is 1. The maximum atomic E-state index is 11.4. The molecule has 1 aliphatic carbocycles. The molecule has 1 aliphatic rings. The lowest BCUT2D eigenvalue weighted by atomic mass is 9.95. The van der Waals surface area contributed by atoms with E-state index >= 15 is 0 Å². The molecule has 6 heteroatoms. The minimum absolute atomic E-state index is 0.0166. The van der Waals surface area contributed by atoms with E-state index in [0.29, 0.717) is 6.42 Å². The van der Waals surface area contributed by atoms with Gasteiger partial charge in [-0.15, -0.1) is 0 Å². The Balaban J connectivity index is 2.05. The summed E-state index contributed by atoms with van der Waals surface area (Å²) in [6.45, 7) is 1.65. The lowest BCUT2D eigenvalue weighted by Crippen LogP contribution is -2.39. The second-order valence-corrected chi connectivity index (χ2v) is 5.88. The first-order chi connectivity index (χ1) is 7.11. The number of nitrogens with one attached hydrogen (secondary N) is 2. The average Bonchev–Trinajstić information content (AvgIpc) is 2.64. The third kappa shape index (κ3) is 2.38. The van der Waals surface area contributed by atoms with Crippen LogP contribution in [0.4, 0.5) is 0 Å². The van der Waals surface area contributed by atoms with Gasteiger partial charge in [0.2, 0.25) is 10.0 Å². The van der Waals surface area contributed by atoms with E-state index in [2.05, 4.69) is 14.9 Å². The Hall–Kier alpha value is -0.880. The molecule has 2 rings (SSSR count). The minimum atomic E-state index is -3.09. The van der Waals surface area contributed by atoms with Crippen molar-refractivity contribution in [3.63, 3.8) is 0 Å². The molecule has 1 aromatic rings. The van der Waals surface area contributed by atoms with Crippen molar-refractivity contribution in [3.8, 4) is 0 Å². The highest BCUT2D eigenvalue weighted by atomic mass is 32.2. The van der Waals surface area contributed by atoms with Gasteiger partial charge in [-0.1, -0.05) is 0 Å². The maximum absolute atomic E-state index is 11.4. The molecule has 5 nitrogen and oxygen atoms in total. The van der Waals surface area contributed by atoms with Crippen LogP contribution >= 0.6 is 0 Å². The van der Waals surface area contributed by atoms with Crippen LogP contribution in [-0.2, 0) is 22.9 Å². The maximum Gasteiger partial charge on any atom is 0.211 e. The molecule has 0 saturated heterocycles. The smallest absolute Gasteiger partial charge is 0.211 e. The van der Waals surface area contributed by atoms with Gasteiger partial charge in [0.25, 0.3) is 0 Å².